The molecule has 1 heterocycles. The molecule has 2 aromatic carbocycles. The number of benzene rings is 2. The van der Waals surface area contributed by atoms with E-state index in [1.54, 1.807) is 11.9 Å². The van der Waals surface area contributed by atoms with Crippen molar-refractivity contribution < 1.29 is 9.59 Å². The van der Waals surface area contributed by atoms with Gasteiger partial charge >= 0.3 is 6.03 Å². The summed E-state index contributed by atoms with van der Waals surface area (Å²) < 4.78 is 0. The summed E-state index contributed by atoms with van der Waals surface area (Å²) in [5.74, 6) is -0.105. The average Bonchev–Trinajstić information content (AvgIpc) is 2.61. The van der Waals surface area contributed by atoms with Crippen LogP contribution in [-0.4, -0.2) is 25.0 Å². The zero-order valence-corrected chi connectivity index (χ0v) is 14.8. The number of fused-ring (bicyclic) bond motifs is 1. The molecule has 1 unspecified atom stereocenters. The monoisotopic (exact) mass is 337 g/mol. The molecule has 1 aliphatic heterocycles. The van der Waals surface area contributed by atoms with Crippen molar-refractivity contribution in [3.8, 4) is 0 Å². The van der Waals surface area contributed by atoms with Crippen LogP contribution in [0.15, 0.2) is 42.5 Å². The number of likely N-dealkylation sites (N-methyl/N-ethyl adjacent to an activating group) is 1. The molecule has 2 N–H and O–H groups in total. The largest absolute Gasteiger partial charge is 0.326 e. The Bertz CT molecular complexity index is 816. The van der Waals surface area contributed by atoms with Gasteiger partial charge in [-0.05, 0) is 48.2 Å². The van der Waals surface area contributed by atoms with Crippen LogP contribution >= 0.6 is 0 Å². The normalized spacial score (nSPS) is 16.4. The molecular formula is C20H23N3O2. The van der Waals surface area contributed by atoms with Crippen LogP contribution in [0.25, 0.3) is 0 Å². The number of amides is 3. The zero-order chi connectivity index (χ0) is 18.0. The van der Waals surface area contributed by atoms with Crippen molar-refractivity contribution in [3.05, 3.63) is 59.2 Å². The number of hydrogen-bond donors (Lipinski definition) is 2. The van der Waals surface area contributed by atoms with E-state index in [4.69, 9.17) is 0 Å². The molecular weight excluding hydrogens is 314 g/mol. The van der Waals surface area contributed by atoms with E-state index in [0.717, 1.165) is 23.4 Å². The highest BCUT2D eigenvalue weighted by atomic mass is 16.2. The maximum Gasteiger partial charge on any atom is 0.319 e. The molecule has 0 spiro atoms. The lowest BCUT2D eigenvalue weighted by molar-refractivity contribution is -0.120. The first kappa shape index (κ1) is 17.0. The molecule has 25 heavy (non-hydrogen) atoms. The molecule has 0 aliphatic carbocycles. The minimum atomic E-state index is -0.559. The number of nitrogens with zero attached hydrogens (tertiary/aromatic N) is 1. The maximum absolute atomic E-state index is 12.5. The number of anilines is 2. The van der Waals surface area contributed by atoms with Gasteiger partial charge < -0.3 is 15.5 Å². The van der Waals surface area contributed by atoms with Crippen LogP contribution in [-0.2, 0) is 17.6 Å². The Balaban J connectivity index is 1.70. The van der Waals surface area contributed by atoms with Gasteiger partial charge in [-0.3, -0.25) is 4.79 Å². The summed E-state index contributed by atoms with van der Waals surface area (Å²) in [6.45, 7) is 4.14. The second-order valence-corrected chi connectivity index (χ2v) is 6.38. The van der Waals surface area contributed by atoms with E-state index < -0.39 is 6.04 Å². The van der Waals surface area contributed by atoms with Gasteiger partial charge in [0.05, 0.1) is 0 Å². The molecule has 5 heteroatoms. The van der Waals surface area contributed by atoms with E-state index in [2.05, 4.69) is 24.5 Å². The van der Waals surface area contributed by atoms with Crippen LogP contribution in [0.5, 0.6) is 0 Å². The molecule has 0 aromatic heterocycles. The maximum atomic E-state index is 12.5. The number of rotatable bonds is 3. The lowest BCUT2D eigenvalue weighted by Crippen LogP contribution is -2.52. The molecule has 0 saturated heterocycles. The van der Waals surface area contributed by atoms with Gasteiger partial charge in [0.25, 0.3) is 0 Å². The smallest absolute Gasteiger partial charge is 0.319 e. The molecule has 1 aliphatic rings. The molecule has 0 fully saturated rings. The third-order valence-electron chi connectivity index (χ3n) is 4.70. The summed E-state index contributed by atoms with van der Waals surface area (Å²) >= 11 is 0. The Morgan fingerprint density at radius 2 is 2.00 bits per heavy atom. The van der Waals surface area contributed by atoms with Gasteiger partial charge in [0.1, 0.15) is 6.04 Å². The number of aryl methyl sites for hydroxylation is 2. The van der Waals surface area contributed by atoms with Crippen molar-refractivity contribution in [2.75, 3.05) is 17.3 Å². The molecule has 2 aromatic rings. The van der Waals surface area contributed by atoms with Gasteiger partial charge in [-0.25, -0.2) is 4.79 Å². The molecule has 0 bridgehead atoms. The molecule has 0 saturated carbocycles. The lowest BCUT2D eigenvalue weighted by Gasteiger charge is -2.31. The number of para-hydroxylation sites is 1. The fourth-order valence-electron chi connectivity index (χ4n) is 3.24. The summed E-state index contributed by atoms with van der Waals surface area (Å²) in [5.41, 5.74) is 5.09. The van der Waals surface area contributed by atoms with Crippen molar-refractivity contribution in [3.63, 3.8) is 0 Å². The molecule has 130 valence electrons. The van der Waals surface area contributed by atoms with Crippen molar-refractivity contribution in [2.45, 2.75) is 32.7 Å². The highest BCUT2D eigenvalue weighted by molar-refractivity contribution is 6.02. The van der Waals surface area contributed by atoms with Crippen molar-refractivity contribution in [1.82, 2.24) is 5.32 Å². The van der Waals surface area contributed by atoms with Crippen LogP contribution in [0, 0.1) is 6.92 Å². The van der Waals surface area contributed by atoms with Crippen molar-refractivity contribution >= 4 is 23.3 Å². The highest BCUT2D eigenvalue weighted by Crippen LogP contribution is 2.26. The Morgan fingerprint density at radius 3 is 2.76 bits per heavy atom. The van der Waals surface area contributed by atoms with E-state index in [-0.39, 0.29) is 11.9 Å². The first-order valence-electron chi connectivity index (χ1n) is 8.52. The number of hydrogen-bond acceptors (Lipinski definition) is 2. The molecule has 3 rings (SSSR count). The van der Waals surface area contributed by atoms with Gasteiger partial charge in [0.2, 0.25) is 5.91 Å². The minimum absolute atomic E-state index is 0.105. The lowest BCUT2D eigenvalue weighted by atomic mass is 9.98. The van der Waals surface area contributed by atoms with Crippen LogP contribution in [0.2, 0.25) is 0 Å². The number of nitrogens with one attached hydrogen (secondary N) is 2. The predicted octanol–water partition coefficient (Wildman–Crippen LogP) is 3.27. The number of carbonyl (C=O) groups is 2. The second-order valence-electron chi connectivity index (χ2n) is 6.38. The summed E-state index contributed by atoms with van der Waals surface area (Å²) in [6.07, 6.45) is 1.41. The van der Waals surface area contributed by atoms with Gasteiger partial charge in [-0.1, -0.05) is 31.2 Å². The number of carbonyl (C=O) groups excluding carboxylic acids is 2. The van der Waals surface area contributed by atoms with E-state index in [9.17, 15) is 9.59 Å². The van der Waals surface area contributed by atoms with Crippen LogP contribution in [0.4, 0.5) is 16.2 Å². The van der Waals surface area contributed by atoms with Crippen molar-refractivity contribution in [1.29, 1.82) is 0 Å². The fourth-order valence-corrected chi connectivity index (χ4v) is 3.24. The van der Waals surface area contributed by atoms with Crippen LogP contribution in [0.3, 0.4) is 0 Å². The Morgan fingerprint density at radius 1 is 1.24 bits per heavy atom. The Labute approximate surface area is 148 Å². The third kappa shape index (κ3) is 3.50. The van der Waals surface area contributed by atoms with E-state index >= 15 is 0 Å². The Hall–Kier alpha value is -2.82. The van der Waals surface area contributed by atoms with Gasteiger partial charge in [0, 0.05) is 24.8 Å². The van der Waals surface area contributed by atoms with Gasteiger partial charge in [-0.15, -0.1) is 0 Å². The molecule has 3 amide bonds. The second kappa shape index (κ2) is 6.97. The Kier molecular flexibility index (Phi) is 4.74. The van der Waals surface area contributed by atoms with Gasteiger partial charge in [0.15, 0.2) is 0 Å². The first-order chi connectivity index (χ1) is 12.0. The predicted molar refractivity (Wildman–Crippen MR) is 100 cm³/mol. The fraction of sp³-hybridized carbons (Fsp3) is 0.300. The average molecular weight is 337 g/mol. The molecule has 1 atom stereocenters. The quantitative estimate of drug-likeness (QED) is 0.903. The van der Waals surface area contributed by atoms with Crippen LogP contribution in [0.1, 0.15) is 23.6 Å². The summed E-state index contributed by atoms with van der Waals surface area (Å²) in [5, 5.41) is 5.63. The van der Waals surface area contributed by atoms with Crippen LogP contribution < -0.4 is 15.5 Å². The topological polar surface area (TPSA) is 61.4 Å². The zero-order valence-electron chi connectivity index (χ0n) is 14.8. The summed E-state index contributed by atoms with van der Waals surface area (Å²) in [4.78, 5) is 26.4. The standard InChI is InChI=1S/C20H23N3O2/c1-4-14-11-16(10-9-13(14)2)21-20(25)22-17-12-15-7-5-6-8-18(15)23(3)19(17)24/h5-11,17H,4,12H2,1-3H3,(H2,21,22,25). The SMILES string of the molecule is CCc1cc(NC(=O)NC2Cc3ccccc3N(C)C2=O)ccc1C. The van der Waals surface area contributed by atoms with Gasteiger partial charge in [-0.2, -0.15) is 0 Å². The number of urea groups is 1. The van der Waals surface area contributed by atoms with Crippen molar-refractivity contribution in [2.24, 2.45) is 0 Å². The summed E-state index contributed by atoms with van der Waals surface area (Å²) in [7, 11) is 1.74. The van der Waals surface area contributed by atoms with E-state index in [0.29, 0.717) is 6.42 Å². The molecule has 0 radical (unpaired) electrons. The van der Waals surface area contributed by atoms with E-state index in [1.165, 1.54) is 11.1 Å². The first-order valence-corrected chi connectivity index (χ1v) is 8.52. The van der Waals surface area contributed by atoms with E-state index in [1.807, 2.05) is 42.5 Å². The minimum Gasteiger partial charge on any atom is -0.326 e. The molecule has 5 nitrogen and oxygen atoms in total. The highest BCUT2D eigenvalue weighted by Gasteiger charge is 2.31. The summed E-state index contributed by atoms with van der Waals surface area (Å²) in [6, 6.07) is 12.7. The third-order valence-corrected chi connectivity index (χ3v) is 4.70.